The summed E-state index contributed by atoms with van der Waals surface area (Å²) in [5.74, 6) is 0.417. The smallest absolute Gasteiger partial charge is 0.308 e. The van der Waals surface area contributed by atoms with Crippen LogP contribution >= 0.6 is 12.0 Å². The SMILES string of the molecule is CCCCCCC(C)N=NC(CC)(CC(C)C)NC(=O)SOCCC. The van der Waals surface area contributed by atoms with E-state index in [0.717, 1.165) is 37.7 Å². The van der Waals surface area contributed by atoms with E-state index in [2.05, 4.69) is 43.2 Å². The van der Waals surface area contributed by atoms with Crippen molar-refractivity contribution in [1.29, 1.82) is 0 Å². The number of hydrogen-bond donors (Lipinski definition) is 1. The molecular formula is C19H39N3O2S. The molecule has 0 aliphatic heterocycles. The van der Waals surface area contributed by atoms with Gasteiger partial charge in [-0.3, -0.25) is 4.79 Å². The van der Waals surface area contributed by atoms with Gasteiger partial charge in [0.1, 0.15) is 0 Å². The van der Waals surface area contributed by atoms with Gasteiger partial charge in [-0.2, -0.15) is 10.2 Å². The number of hydrogen-bond acceptors (Lipinski definition) is 5. The molecule has 6 heteroatoms. The van der Waals surface area contributed by atoms with Crippen LogP contribution in [0.5, 0.6) is 0 Å². The molecule has 5 nitrogen and oxygen atoms in total. The Morgan fingerprint density at radius 3 is 2.40 bits per heavy atom. The maximum absolute atomic E-state index is 12.2. The molecule has 1 N–H and O–H groups in total. The molecule has 0 saturated heterocycles. The minimum Gasteiger partial charge on any atom is -0.319 e. The van der Waals surface area contributed by atoms with Crippen LogP contribution in [0.25, 0.3) is 0 Å². The van der Waals surface area contributed by atoms with E-state index in [4.69, 9.17) is 4.18 Å². The van der Waals surface area contributed by atoms with Crippen LogP contribution in [0.3, 0.4) is 0 Å². The van der Waals surface area contributed by atoms with E-state index in [1.165, 1.54) is 25.7 Å². The third kappa shape index (κ3) is 12.4. The molecule has 2 unspecified atom stereocenters. The van der Waals surface area contributed by atoms with Crippen molar-refractivity contribution in [3.8, 4) is 0 Å². The van der Waals surface area contributed by atoms with E-state index in [9.17, 15) is 4.79 Å². The van der Waals surface area contributed by atoms with E-state index in [0.29, 0.717) is 12.5 Å². The topological polar surface area (TPSA) is 63.0 Å². The normalized spacial score (nSPS) is 15.5. The Morgan fingerprint density at radius 2 is 1.84 bits per heavy atom. The van der Waals surface area contributed by atoms with Gasteiger partial charge in [-0.25, -0.2) is 0 Å². The zero-order chi connectivity index (χ0) is 19.1. The first-order chi connectivity index (χ1) is 11.9. The summed E-state index contributed by atoms with van der Waals surface area (Å²) in [7, 11) is 0. The summed E-state index contributed by atoms with van der Waals surface area (Å²) >= 11 is 0.872. The second-order valence-electron chi connectivity index (χ2n) is 7.21. The van der Waals surface area contributed by atoms with Crippen LogP contribution in [0.2, 0.25) is 0 Å². The number of carbonyl (C=O) groups is 1. The standard InChI is InChI=1S/C19H39N3O2S/c1-7-10-11-12-13-17(6)21-22-19(9-3,15-16(4)5)20-18(23)25-24-14-8-2/h16-17H,7-15H2,1-6H3,(H,20,23). The minimum atomic E-state index is -0.633. The molecule has 0 aromatic carbocycles. The van der Waals surface area contributed by atoms with Gasteiger partial charge in [0.2, 0.25) is 0 Å². The first-order valence-electron chi connectivity index (χ1n) is 9.92. The molecule has 0 aliphatic rings. The number of amides is 1. The van der Waals surface area contributed by atoms with Gasteiger partial charge in [-0.15, -0.1) is 0 Å². The van der Waals surface area contributed by atoms with Crippen molar-refractivity contribution >= 4 is 17.3 Å². The van der Waals surface area contributed by atoms with Gasteiger partial charge in [0, 0.05) is 0 Å². The molecule has 0 aliphatic carbocycles. The fourth-order valence-electron chi connectivity index (χ4n) is 2.62. The second kappa shape index (κ2) is 14.5. The third-order valence-electron chi connectivity index (χ3n) is 4.01. The Morgan fingerprint density at radius 1 is 1.12 bits per heavy atom. The van der Waals surface area contributed by atoms with Gasteiger partial charge >= 0.3 is 5.24 Å². The summed E-state index contributed by atoms with van der Waals surface area (Å²) in [4.78, 5) is 12.2. The number of nitrogens with one attached hydrogen (secondary N) is 1. The van der Waals surface area contributed by atoms with Gasteiger partial charge in [-0.05, 0) is 38.5 Å². The first kappa shape index (κ1) is 24.4. The van der Waals surface area contributed by atoms with Crippen molar-refractivity contribution < 1.29 is 8.98 Å². The van der Waals surface area contributed by atoms with Gasteiger partial charge in [-0.1, -0.05) is 60.3 Å². The Balaban J connectivity index is 4.77. The zero-order valence-electron chi connectivity index (χ0n) is 17.1. The fourth-order valence-corrected chi connectivity index (χ4v) is 3.21. The van der Waals surface area contributed by atoms with E-state index in [1.54, 1.807) is 0 Å². The van der Waals surface area contributed by atoms with E-state index < -0.39 is 5.66 Å². The van der Waals surface area contributed by atoms with Gasteiger partial charge in [0.15, 0.2) is 5.66 Å². The van der Waals surface area contributed by atoms with Crippen molar-refractivity contribution in [2.75, 3.05) is 6.61 Å². The van der Waals surface area contributed by atoms with Crippen molar-refractivity contribution in [3.63, 3.8) is 0 Å². The van der Waals surface area contributed by atoms with Crippen LogP contribution in [0.4, 0.5) is 4.79 Å². The lowest BCUT2D eigenvalue weighted by molar-refractivity contribution is 0.226. The maximum Gasteiger partial charge on any atom is 0.308 e. The van der Waals surface area contributed by atoms with Gasteiger partial charge < -0.3 is 9.50 Å². The van der Waals surface area contributed by atoms with Crippen LogP contribution in [-0.4, -0.2) is 23.6 Å². The van der Waals surface area contributed by atoms with Gasteiger partial charge in [0.25, 0.3) is 0 Å². The monoisotopic (exact) mass is 373 g/mol. The molecule has 2 atom stereocenters. The first-order valence-corrected chi connectivity index (χ1v) is 10.7. The Hall–Kier alpha value is -0.620. The average molecular weight is 374 g/mol. The summed E-state index contributed by atoms with van der Waals surface area (Å²) in [5.41, 5.74) is -0.633. The predicted molar refractivity (Wildman–Crippen MR) is 108 cm³/mol. The van der Waals surface area contributed by atoms with E-state index in [1.807, 2.05) is 13.8 Å². The second-order valence-corrected chi connectivity index (χ2v) is 7.99. The molecule has 0 fully saturated rings. The molecular weight excluding hydrogens is 334 g/mol. The molecule has 0 bridgehead atoms. The van der Waals surface area contributed by atoms with Gasteiger partial charge in [0.05, 0.1) is 24.7 Å². The molecule has 0 aromatic heterocycles. The highest BCUT2D eigenvalue weighted by molar-refractivity contribution is 8.09. The Bertz CT molecular complexity index is 378. The fraction of sp³-hybridized carbons (Fsp3) is 0.947. The number of rotatable bonds is 14. The summed E-state index contributed by atoms with van der Waals surface area (Å²) in [6.07, 6.45) is 8.39. The van der Waals surface area contributed by atoms with Crippen molar-refractivity contribution in [1.82, 2.24) is 5.32 Å². The molecule has 0 heterocycles. The van der Waals surface area contributed by atoms with Crippen LogP contribution in [0, 0.1) is 5.92 Å². The Labute approximate surface area is 159 Å². The maximum atomic E-state index is 12.2. The molecule has 1 amide bonds. The van der Waals surface area contributed by atoms with Crippen molar-refractivity contribution in [3.05, 3.63) is 0 Å². The lowest BCUT2D eigenvalue weighted by atomic mass is 9.95. The zero-order valence-corrected chi connectivity index (χ0v) is 18.0. The lowest BCUT2D eigenvalue weighted by Gasteiger charge is -2.30. The Kier molecular flexibility index (Phi) is 14.2. The van der Waals surface area contributed by atoms with Crippen molar-refractivity contribution in [2.24, 2.45) is 16.1 Å². The molecule has 25 heavy (non-hydrogen) atoms. The highest BCUT2D eigenvalue weighted by Gasteiger charge is 2.31. The highest BCUT2D eigenvalue weighted by Crippen LogP contribution is 2.25. The van der Waals surface area contributed by atoms with Crippen LogP contribution in [0.1, 0.15) is 92.9 Å². The van der Waals surface area contributed by atoms with Crippen LogP contribution in [-0.2, 0) is 4.18 Å². The third-order valence-corrected chi connectivity index (χ3v) is 4.55. The minimum absolute atomic E-state index is 0.189. The largest absolute Gasteiger partial charge is 0.319 e. The molecule has 0 saturated carbocycles. The summed E-state index contributed by atoms with van der Waals surface area (Å²) in [6.45, 7) is 13.2. The quantitative estimate of drug-likeness (QED) is 0.208. The van der Waals surface area contributed by atoms with Crippen molar-refractivity contribution in [2.45, 2.75) is 105 Å². The number of unbranched alkanes of at least 4 members (excludes halogenated alkanes) is 3. The molecule has 0 radical (unpaired) electrons. The summed E-state index contributed by atoms with van der Waals surface area (Å²) < 4.78 is 5.27. The van der Waals surface area contributed by atoms with E-state index in [-0.39, 0.29) is 11.3 Å². The molecule has 0 spiro atoms. The summed E-state index contributed by atoms with van der Waals surface area (Å²) in [5, 5.41) is 12.0. The average Bonchev–Trinajstić information content (AvgIpc) is 2.56. The van der Waals surface area contributed by atoms with Crippen LogP contribution < -0.4 is 5.32 Å². The van der Waals surface area contributed by atoms with Crippen LogP contribution in [0.15, 0.2) is 10.2 Å². The predicted octanol–water partition coefficient (Wildman–Crippen LogP) is 6.73. The number of azo groups is 1. The van der Waals surface area contributed by atoms with E-state index >= 15 is 0 Å². The highest BCUT2D eigenvalue weighted by atomic mass is 32.2. The number of carbonyl (C=O) groups excluding carboxylic acids is 1. The molecule has 148 valence electrons. The summed E-state index contributed by atoms with van der Waals surface area (Å²) in [6, 6.07) is 0.191. The molecule has 0 rings (SSSR count). The molecule has 0 aromatic rings. The number of nitrogens with zero attached hydrogens (tertiary/aromatic N) is 2. The lowest BCUT2D eigenvalue weighted by Crippen LogP contribution is -2.46.